The van der Waals surface area contributed by atoms with Crippen molar-refractivity contribution in [3.8, 4) is 17.3 Å². The van der Waals surface area contributed by atoms with Gasteiger partial charge in [0.15, 0.2) is 0 Å². The van der Waals surface area contributed by atoms with E-state index in [1.807, 2.05) is 19.2 Å². The molecule has 246 valence electrons. The van der Waals surface area contributed by atoms with Crippen molar-refractivity contribution in [2.24, 2.45) is 5.41 Å². The van der Waals surface area contributed by atoms with Gasteiger partial charge in [-0.2, -0.15) is 15.1 Å². The fraction of sp³-hybridized carbons (Fsp3) is 0.559. The van der Waals surface area contributed by atoms with Gasteiger partial charge in [0.25, 0.3) is 0 Å². The number of halogens is 2. The average molecular weight is 662 g/mol. The molecule has 3 saturated heterocycles. The number of ether oxygens (including phenoxy) is 3. The highest BCUT2D eigenvalue weighted by atomic mass is 35.5. The van der Waals surface area contributed by atoms with Gasteiger partial charge in [0.1, 0.15) is 24.7 Å². The summed E-state index contributed by atoms with van der Waals surface area (Å²) in [4.78, 5) is 32.4. The first kappa shape index (κ1) is 29.4. The van der Waals surface area contributed by atoms with Crippen LogP contribution in [0.2, 0.25) is 5.02 Å². The zero-order valence-electron chi connectivity index (χ0n) is 26.4. The summed E-state index contributed by atoms with van der Waals surface area (Å²) in [5, 5.41) is 9.55. The van der Waals surface area contributed by atoms with E-state index >= 15 is 0 Å². The summed E-state index contributed by atoms with van der Waals surface area (Å²) >= 11 is 6.88. The van der Waals surface area contributed by atoms with E-state index in [1.165, 1.54) is 0 Å². The van der Waals surface area contributed by atoms with Crippen LogP contribution in [0.1, 0.15) is 56.1 Å². The van der Waals surface area contributed by atoms with Crippen molar-refractivity contribution in [2.75, 3.05) is 44.3 Å². The number of pyridine rings is 1. The zero-order chi connectivity index (χ0) is 31.9. The molecule has 7 aliphatic rings. The maximum Gasteiger partial charge on any atom is 0.508 e. The summed E-state index contributed by atoms with van der Waals surface area (Å²) < 4.78 is 32.4. The second kappa shape index (κ2) is 10.9. The number of alkyl halides is 1. The Bertz CT molecular complexity index is 1910. The fourth-order valence-corrected chi connectivity index (χ4v) is 9.42. The van der Waals surface area contributed by atoms with Gasteiger partial charge in [-0.15, -0.1) is 0 Å². The van der Waals surface area contributed by atoms with Gasteiger partial charge in [0.2, 0.25) is 0 Å². The molecule has 1 N–H and O–H groups in total. The molecule has 0 radical (unpaired) electrons. The minimum Gasteiger partial charge on any atom is -0.461 e. The topological polar surface area (TPSA) is 119 Å². The van der Waals surface area contributed by atoms with Crippen LogP contribution in [0.4, 0.5) is 15.0 Å². The van der Waals surface area contributed by atoms with Crippen LogP contribution in [0.3, 0.4) is 0 Å². The molecule has 3 aromatic heterocycles. The Labute approximate surface area is 276 Å². The lowest BCUT2D eigenvalue weighted by Gasteiger charge is -2.52. The van der Waals surface area contributed by atoms with Gasteiger partial charge in [-0.25, -0.2) is 9.18 Å². The molecular weight excluding hydrogens is 625 g/mol. The van der Waals surface area contributed by atoms with Gasteiger partial charge >= 0.3 is 12.2 Å². The lowest BCUT2D eigenvalue weighted by Crippen LogP contribution is -2.53. The van der Waals surface area contributed by atoms with Crippen molar-refractivity contribution in [1.29, 1.82) is 0 Å². The lowest BCUT2D eigenvalue weighted by molar-refractivity contribution is -0.0717. The molecule has 11 nitrogen and oxygen atoms in total. The summed E-state index contributed by atoms with van der Waals surface area (Å²) in [5.41, 5.74) is 4.39. The minimum atomic E-state index is -0.842. The summed E-state index contributed by atoms with van der Waals surface area (Å²) in [6.07, 6.45) is 8.35. The van der Waals surface area contributed by atoms with Crippen LogP contribution in [0.5, 0.6) is 6.01 Å². The smallest absolute Gasteiger partial charge is 0.461 e. The molecule has 6 aliphatic heterocycles. The SMILES string of the molecule is Cc1c2ncc3c(nc(OC[C@@]45CCCN4C[C@H](F)C5)nc13)N1CCCC3(CC(C3)OC(=O)OCCc3c(Cl)cc4[nH]ncc4c3-2)C1. The number of aromatic amines is 1. The Balaban J connectivity index is 1.20. The van der Waals surface area contributed by atoms with Crippen molar-refractivity contribution in [2.45, 2.75) is 76.1 Å². The predicted molar refractivity (Wildman–Crippen MR) is 174 cm³/mol. The number of nitrogens with zero attached hydrogens (tertiary/aromatic N) is 6. The molecule has 4 fully saturated rings. The second-order valence-corrected chi connectivity index (χ2v) is 14.7. The normalized spacial score (nSPS) is 29.0. The number of carbonyl (C=O) groups is 1. The molecule has 7 bridgehead atoms. The highest BCUT2D eigenvalue weighted by Gasteiger charge is 2.50. The van der Waals surface area contributed by atoms with E-state index in [4.69, 9.17) is 40.8 Å². The number of benzene rings is 1. The van der Waals surface area contributed by atoms with Gasteiger partial charge < -0.3 is 19.1 Å². The van der Waals surface area contributed by atoms with E-state index in [1.54, 1.807) is 6.20 Å². The second-order valence-electron chi connectivity index (χ2n) is 14.3. The zero-order valence-corrected chi connectivity index (χ0v) is 27.1. The van der Waals surface area contributed by atoms with E-state index in [9.17, 15) is 9.18 Å². The van der Waals surface area contributed by atoms with E-state index in [0.717, 1.165) is 102 Å². The van der Waals surface area contributed by atoms with Crippen LogP contribution in [-0.4, -0.2) is 93.4 Å². The number of H-pyrrole nitrogens is 1. The Morgan fingerprint density at radius 1 is 1.15 bits per heavy atom. The third kappa shape index (κ3) is 4.81. The number of fused-ring (bicyclic) bond motifs is 2. The molecule has 13 heteroatoms. The Hall–Kier alpha value is -3.77. The van der Waals surface area contributed by atoms with Crippen molar-refractivity contribution in [3.63, 3.8) is 0 Å². The van der Waals surface area contributed by atoms with Gasteiger partial charge in [0.05, 0.1) is 40.5 Å². The van der Waals surface area contributed by atoms with Crippen molar-refractivity contribution >= 4 is 45.4 Å². The van der Waals surface area contributed by atoms with Crippen LogP contribution in [-0.2, 0) is 15.9 Å². The quantitative estimate of drug-likeness (QED) is 0.264. The number of hydrogen-bond acceptors (Lipinski definition) is 10. The highest BCUT2D eigenvalue weighted by Crippen LogP contribution is 2.50. The molecular formula is C34H37ClFN7O4. The van der Waals surface area contributed by atoms with Crippen LogP contribution in [0.15, 0.2) is 18.5 Å². The third-order valence-corrected chi connectivity index (χ3v) is 11.7. The molecule has 2 atom stereocenters. The highest BCUT2D eigenvalue weighted by molar-refractivity contribution is 6.33. The van der Waals surface area contributed by atoms with Crippen molar-refractivity contribution in [1.82, 2.24) is 30.0 Å². The van der Waals surface area contributed by atoms with Gasteiger partial charge in [-0.1, -0.05) is 11.6 Å². The molecule has 0 amide bonds. The number of nitrogens with one attached hydrogen (secondary N) is 1. The maximum atomic E-state index is 14.6. The number of piperidine rings is 1. The van der Waals surface area contributed by atoms with Crippen molar-refractivity contribution in [3.05, 3.63) is 34.6 Å². The summed E-state index contributed by atoms with van der Waals surface area (Å²) in [6.45, 7) is 5.43. The van der Waals surface area contributed by atoms with E-state index in [-0.39, 0.29) is 23.7 Å². The molecule has 9 heterocycles. The van der Waals surface area contributed by atoms with Crippen LogP contribution in [0.25, 0.3) is 33.1 Å². The van der Waals surface area contributed by atoms with Gasteiger partial charge in [-0.05, 0) is 69.0 Å². The number of anilines is 1. The van der Waals surface area contributed by atoms with Crippen LogP contribution in [0, 0.1) is 12.3 Å². The number of hydrogen-bond donors (Lipinski definition) is 1. The molecule has 4 aromatic rings. The lowest BCUT2D eigenvalue weighted by atomic mass is 9.62. The monoisotopic (exact) mass is 661 g/mol. The van der Waals surface area contributed by atoms with E-state index in [2.05, 4.69) is 20.0 Å². The maximum absolute atomic E-state index is 14.6. The van der Waals surface area contributed by atoms with Gasteiger partial charge in [0, 0.05) is 60.2 Å². The largest absolute Gasteiger partial charge is 0.508 e. The number of rotatable bonds is 3. The molecule has 1 spiro atoms. The van der Waals surface area contributed by atoms with Crippen molar-refractivity contribution < 1.29 is 23.4 Å². The Morgan fingerprint density at radius 2 is 2.02 bits per heavy atom. The standard InChI is InChI=1S/C34H37ClFN7O4/c1-19-28-24-14-37-29(19)27-22(25(35)10-26-23(27)15-38-41-26)4-9-45-32(44)47-21-12-33(13-21)5-2-7-42(17-33)30(24)40-31(39-28)46-18-34-6-3-8-43(34)16-20(36)11-34/h10,14-15,20-21H,2-9,11-13,16-18H2,1H3,(H,38,41)/t20-,21?,33?,34+/m1/s1. The van der Waals surface area contributed by atoms with E-state index < -0.39 is 12.3 Å². The first-order chi connectivity index (χ1) is 22.8. The van der Waals surface area contributed by atoms with Gasteiger partial charge in [-0.3, -0.25) is 15.0 Å². The molecule has 47 heavy (non-hydrogen) atoms. The predicted octanol–water partition coefficient (Wildman–Crippen LogP) is 5.94. The first-order valence-electron chi connectivity index (χ1n) is 16.7. The minimum absolute atomic E-state index is 0.0256. The molecule has 1 aromatic carbocycles. The Kier molecular flexibility index (Phi) is 6.80. The molecule has 11 rings (SSSR count). The summed E-state index contributed by atoms with van der Waals surface area (Å²) in [6, 6.07) is 2.13. The number of carbonyl (C=O) groups excluding carboxylic acids is 1. The number of aryl methyl sites for hydroxylation is 1. The third-order valence-electron chi connectivity index (χ3n) is 11.3. The molecule has 0 unspecified atom stereocenters. The molecule has 1 aliphatic carbocycles. The number of aromatic nitrogens is 5. The fourth-order valence-electron chi connectivity index (χ4n) is 9.12. The summed E-state index contributed by atoms with van der Waals surface area (Å²) in [5.74, 6) is 0.787. The summed E-state index contributed by atoms with van der Waals surface area (Å²) in [7, 11) is 0. The first-order valence-corrected chi connectivity index (χ1v) is 17.1. The van der Waals surface area contributed by atoms with Crippen LogP contribution >= 0.6 is 11.6 Å². The van der Waals surface area contributed by atoms with E-state index in [0.29, 0.717) is 42.7 Å². The average Bonchev–Trinajstić information content (AvgIpc) is 3.73. The Morgan fingerprint density at radius 3 is 2.91 bits per heavy atom. The molecule has 1 saturated carbocycles. The van der Waals surface area contributed by atoms with Crippen LogP contribution < -0.4 is 9.64 Å².